The minimum Gasteiger partial charge on any atom is -0.308 e. The summed E-state index contributed by atoms with van der Waals surface area (Å²) in [6, 6.07) is 13.4. The summed E-state index contributed by atoms with van der Waals surface area (Å²) < 4.78 is 1.04. The van der Waals surface area contributed by atoms with Crippen molar-refractivity contribution in [2.45, 2.75) is 13.3 Å². The molecular weight excluding hydrogens is 346 g/mol. The van der Waals surface area contributed by atoms with E-state index in [0.29, 0.717) is 22.9 Å². The molecule has 0 aliphatic carbocycles. The number of thiazole rings is 1. The highest BCUT2D eigenvalue weighted by atomic mass is 32.1. The van der Waals surface area contributed by atoms with Crippen LogP contribution in [-0.2, 0) is 4.79 Å². The molecule has 1 aromatic heterocycles. The number of hydrogen-bond donors (Lipinski definition) is 1. The monoisotopic (exact) mass is 363 g/mol. The third kappa shape index (κ3) is 2.88. The highest BCUT2D eigenvalue weighted by molar-refractivity contribution is 7.22. The number of carbonyl (C=O) groups excluding carboxylic acids is 2. The lowest BCUT2D eigenvalue weighted by atomic mass is 10.1. The normalized spacial score (nSPS) is 13.3. The van der Waals surface area contributed by atoms with Crippen molar-refractivity contribution in [1.82, 2.24) is 9.88 Å². The van der Waals surface area contributed by atoms with Crippen LogP contribution in [0.1, 0.15) is 27.9 Å². The van der Waals surface area contributed by atoms with Crippen molar-refractivity contribution < 1.29 is 9.59 Å². The molecule has 3 aromatic rings. The van der Waals surface area contributed by atoms with Crippen LogP contribution in [0.4, 0.5) is 5.13 Å². The van der Waals surface area contributed by atoms with Gasteiger partial charge in [0, 0.05) is 29.8 Å². The van der Waals surface area contributed by atoms with E-state index in [2.05, 4.69) is 16.9 Å². The summed E-state index contributed by atoms with van der Waals surface area (Å²) in [6.07, 6.45) is 0.188. The number of nitrogens with zero attached hydrogens (tertiary/aromatic N) is 2. The lowest BCUT2D eigenvalue weighted by Gasteiger charge is -2.16. The molecule has 0 radical (unpaired) electrons. The molecule has 130 valence electrons. The molecule has 0 unspecified atom stereocenters. The van der Waals surface area contributed by atoms with Crippen molar-refractivity contribution in [3.63, 3.8) is 0 Å². The fourth-order valence-electron chi connectivity index (χ4n) is 3.05. The fourth-order valence-corrected chi connectivity index (χ4v) is 4.03. The molecule has 2 aromatic carbocycles. The predicted molar refractivity (Wildman–Crippen MR) is 104 cm³/mol. The maximum absolute atomic E-state index is 12.5. The molecule has 4 rings (SSSR count). The van der Waals surface area contributed by atoms with E-state index in [9.17, 15) is 9.59 Å². The van der Waals surface area contributed by atoms with Gasteiger partial charge in [0.05, 0.1) is 10.2 Å². The summed E-state index contributed by atoms with van der Waals surface area (Å²) in [7, 11) is 0. The summed E-state index contributed by atoms with van der Waals surface area (Å²) in [4.78, 5) is 30.7. The number of aromatic nitrogens is 1. The summed E-state index contributed by atoms with van der Waals surface area (Å²) in [5.41, 5.74) is 4.15. The van der Waals surface area contributed by atoms with Gasteiger partial charge in [-0.1, -0.05) is 42.2 Å². The number of fused-ring (bicyclic) bond motifs is 2. The average molecular weight is 363 g/mol. The first-order valence-corrected chi connectivity index (χ1v) is 9.12. The van der Waals surface area contributed by atoms with Gasteiger partial charge in [0.15, 0.2) is 5.13 Å². The highest BCUT2D eigenvalue weighted by Gasteiger charge is 2.30. The Morgan fingerprint density at radius 1 is 1.23 bits per heavy atom. The second-order valence-electron chi connectivity index (χ2n) is 6.24. The van der Waals surface area contributed by atoms with Crippen molar-refractivity contribution in [3.8, 4) is 0 Å². The van der Waals surface area contributed by atoms with Crippen molar-refractivity contribution >= 4 is 44.2 Å². The Morgan fingerprint density at radius 3 is 2.77 bits per heavy atom. The van der Waals surface area contributed by atoms with E-state index < -0.39 is 0 Å². The number of nitrogens with one attached hydrogen (secondary N) is 1. The van der Waals surface area contributed by atoms with Gasteiger partial charge in [-0.05, 0) is 30.7 Å². The Morgan fingerprint density at radius 2 is 2.00 bits per heavy atom. The second-order valence-corrected chi connectivity index (χ2v) is 7.27. The molecule has 2 heterocycles. The molecule has 0 bridgehead atoms. The van der Waals surface area contributed by atoms with Crippen LogP contribution in [0.15, 0.2) is 49.0 Å². The zero-order valence-electron chi connectivity index (χ0n) is 14.3. The van der Waals surface area contributed by atoms with Gasteiger partial charge in [-0.2, -0.15) is 0 Å². The number of aryl methyl sites for hydroxylation is 1. The van der Waals surface area contributed by atoms with Crippen LogP contribution in [0, 0.1) is 6.92 Å². The third-order valence-electron chi connectivity index (χ3n) is 4.39. The second kappa shape index (κ2) is 6.38. The van der Waals surface area contributed by atoms with Crippen molar-refractivity contribution in [2.24, 2.45) is 0 Å². The number of benzene rings is 2. The van der Waals surface area contributed by atoms with Gasteiger partial charge in [-0.15, -0.1) is 0 Å². The Bertz CT molecular complexity index is 1020. The van der Waals surface area contributed by atoms with Gasteiger partial charge in [0.2, 0.25) is 5.91 Å². The Kier molecular flexibility index (Phi) is 4.05. The summed E-state index contributed by atoms with van der Waals surface area (Å²) in [5.74, 6) is -0.272. The zero-order chi connectivity index (χ0) is 18.3. The molecule has 1 N–H and O–H groups in total. The van der Waals surface area contributed by atoms with Crippen LogP contribution in [0.5, 0.6) is 0 Å². The number of hydrogen-bond acceptors (Lipinski definition) is 4. The van der Waals surface area contributed by atoms with Crippen LogP contribution < -0.4 is 5.32 Å². The van der Waals surface area contributed by atoms with Gasteiger partial charge in [0.1, 0.15) is 0 Å². The molecule has 0 saturated carbocycles. The van der Waals surface area contributed by atoms with E-state index in [1.807, 2.05) is 43.3 Å². The lowest BCUT2D eigenvalue weighted by Crippen LogP contribution is -2.27. The first kappa shape index (κ1) is 16.5. The molecule has 5 nitrogen and oxygen atoms in total. The van der Waals surface area contributed by atoms with Crippen LogP contribution in [0.25, 0.3) is 15.9 Å². The van der Waals surface area contributed by atoms with E-state index in [1.165, 1.54) is 11.3 Å². The summed E-state index contributed by atoms with van der Waals surface area (Å²) in [5, 5.41) is 3.40. The van der Waals surface area contributed by atoms with Crippen LogP contribution >= 0.6 is 11.3 Å². The fraction of sp³-hybridized carbons (Fsp3) is 0.150. The molecule has 0 atom stereocenters. The standard InChI is InChI=1S/C20H17N3O2S/c1-12-7-8-16-17(11-12)26-20(21-16)22-18(24)9-10-23-13(2)14-5-3-4-6-15(14)19(23)25/h3-8,11H,2,9-10H2,1H3,(H,21,22,24). The van der Waals surface area contributed by atoms with E-state index in [4.69, 9.17) is 0 Å². The number of anilines is 1. The lowest BCUT2D eigenvalue weighted by molar-refractivity contribution is -0.116. The number of amides is 2. The Balaban J connectivity index is 1.41. The molecule has 1 aliphatic heterocycles. The quantitative estimate of drug-likeness (QED) is 0.760. The first-order valence-electron chi connectivity index (χ1n) is 8.30. The van der Waals surface area contributed by atoms with E-state index in [0.717, 1.165) is 21.3 Å². The molecule has 2 amide bonds. The molecule has 6 heteroatoms. The van der Waals surface area contributed by atoms with Crippen LogP contribution in [-0.4, -0.2) is 28.2 Å². The molecule has 0 spiro atoms. The number of rotatable bonds is 4. The van der Waals surface area contributed by atoms with Gasteiger partial charge in [0.25, 0.3) is 5.91 Å². The van der Waals surface area contributed by atoms with E-state index in [-0.39, 0.29) is 18.2 Å². The molecule has 1 aliphatic rings. The first-order chi connectivity index (χ1) is 12.5. The summed E-state index contributed by atoms with van der Waals surface area (Å²) >= 11 is 1.45. The zero-order valence-corrected chi connectivity index (χ0v) is 15.1. The molecule has 26 heavy (non-hydrogen) atoms. The van der Waals surface area contributed by atoms with Crippen molar-refractivity contribution in [2.75, 3.05) is 11.9 Å². The smallest absolute Gasteiger partial charge is 0.258 e. The average Bonchev–Trinajstić information content (AvgIpc) is 3.12. The molecule has 0 saturated heterocycles. The largest absolute Gasteiger partial charge is 0.308 e. The molecular formula is C20H17N3O2S. The summed E-state index contributed by atoms with van der Waals surface area (Å²) in [6.45, 7) is 6.31. The van der Waals surface area contributed by atoms with E-state index in [1.54, 1.807) is 11.0 Å². The van der Waals surface area contributed by atoms with Crippen molar-refractivity contribution in [3.05, 3.63) is 65.7 Å². The van der Waals surface area contributed by atoms with Gasteiger partial charge in [-0.3, -0.25) is 9.59 Å². The minimum absolute atomic E-state index is 0.103. The predicted octanol–water partition coefficient (Wildman–Crippen LogP) is 4.06. The van der Waals surface area contributed by atoms with Crippen molar-refractivity contribution in [1.29, 1.82) is 0 Å². The van der Waals surface area contributed by atoms with Gasteiger partial charge >= 0.3 is 0 Å². The van der Waals surface area contributed by atoms with Crippen LogP contribution in [0.3, 0.4) is 0 Å². The van der Waals surface area contributed by atoms with Gasteiger partial charge in [-0.25, -0.2) is 4.98 Å². The highest BCUT2D eigenvalue weighted by Crippen LogP contribution is 2.31. The molecule has 0 fully saturated rings. The third-order valence-corrected chi connectivity index (χ3v) is 5.33. The topological polar surface area (TPSA) is 62.3 Å². The Labute approximate surface area is 155 Å². The maximum Gasteiger partial charge on any atom is 0.258 e. The maximum atomic E-state index is 12.5. The van der Waals surface area contributed by atoms with Gasteiger partial charge < -0.3 is 10.2 Å². The van der Waals surface area contributed by atoms with E-state index >= 15 is 0 Å². The SMILES string of the molecule is C=C1c2ccccc2C(=O)N1CCC(=O)Nc1nc2ccc(C)cc2s1. The Hall–Kier alpha value is -2.99. The minimum atomic E-state index is -0.169. The van der Waals surface area contributed by atoms with Crippen LogP contribution in [0.2, 0.25) is 0 Å². The number of carbonyl (C=O) groups is 2.